The van der Waals surface area contributed by atoms with Crippen molar-refractivity contribution < 1.29 is 4.92 Å². The van der Waals surface area contributed by atoms with Crippen molar-refractivity contribution in [2.75, 3.05) is 6.26 Å². The van der Waals surface area contributed by atoms with Crippen LogP contribution in [0.15, 0.2) is 18.2 Å². The molecule has 0 saturated heterocycles. The van der Waals surface area contributed by atoms with Gasteiger partial charge in [0, 0.05) is 23.9 Å². The molecule has 1 aromatic rings. The molecule has 0 heterocycles. The van der Waals surface area contributed by atoms with Gasteiger partial charge in [-0.15, -0.1) is 0 Å². The predicted molar refractivity (Wildman–Crippen MR) is 62.9 cm³/mol. The molecule has 1 atom stereocenters. The first-order chi connectivity index (χ1) is 7.06. The van der Waals surface area contributed by atoms with Crippen LogP contribution in [0.5, 0.6) is 0 Å². The normalized spacial score (nSPS) is 12.5. The molecule has 5 heteroatoms. The fourth-order valence-electron chi connectivity index (χ4n) is 1.43. The van der Waals surface area contributed by atoms with Crippen molar-refractivity contribution in [2.24, 2.45) is 5.73 Å². The molecule has 1 aromatic carbocycles. The average molecular weight is 226 g/mol. The number of nitrogens with two attached hydrogens (primary N) is 1. The monoisotopic (exact) mass is 226 g/mol. The number of benzene rings is 1. The van der Waals surface area contributed by atoms with Crippen LogP contribution in [0.4, 0.5) is 5.69 Å². The maximum absolute atomic E-state index is 10.6. The number of nitro groups is 1. The molecule has 0 aromatic heterocycles. The third-order valence-electron chi connectivity index (χ3n) is 2.13. The Morgan fingerprint density at radius 2 is 2.27 bits per heavy atom. The molecule has 2 N–H and O–H groups in total. The molecular weight excluding hydrogens is 212 g/mol. The number of hydrogen-bond acceptors (Lipinski definition) is 4. The summed E-state index contributed by atoms with van der Waals surface area (Å²) in [7, 11) is 0. The lowest BCUT2D eigenvalue weighted by atomic mass is 10.0. The smallest absolute Gasteiger partial charge is 0.269 e. The minimum Gasteiger partial charge on any atom is -0.324 e. The van der Waals surface area contributed by atoms with Crippen molar-refractivity contribution in [1.82, 2.24) is 0 Å². The summed E-state index contributed by atoms with van der Waals surface area (Å²) < 4.78 is 0. The van der Waals surface area contributed by atoms with E-state index < -0.39 is 0 Å². The standard InChI is InChI=1S/C10H14N2O2S/c1-7(11)10-4-3-9(12(13)14)5-8(10)6-15-2/h3-5,7H,6,11H2,1-2H3/t7-/m0/s1. The molecule has 0 bridgehead atoms. The fourth-order valence-corrected chi connectivity index (χ4v) is 1.99. The molecule has 0 aliphatic carbocycles. The van der Waals surface area contributed by atoms with Crippen LogP contribution in [-0.4, -0.2) is 11.2 Å². The summed E-state index contributed by atoms with van der Waals surface area (Å²) in [4.78, 5) is 10.2. The number of rotatable bonds is 4. The van der Waals surface area contributed by atoms with Crippen LogP contribution in [0.2, 0.25) is 0 Å². The van der Waals surface area contributed by atoms with Gasteiger partial charge in [0.05, 0.1) is 4.92 Å². The number of thioether (sulfide) groups is 1. The highest BCUT2D eigenvalue weighted by Gasteiger charge is 2.12. The average Bonchev–Trinajstić information content (AvgIpc) is 2.17. The van der Waals surface area contributed by atoms with E-state index in [2.05, 4.69) is 0 Å². The second kappa shape index (κ2) is 5.14. The SMILES string of the molecule is CSCc1cc([N+](=O)[O-])ccc1[C@H](C)N. The molecule has 0 aliphatic heterocycles. The first-order valence-corrected chi connectivity index (χ1v) is 5.97. The summed E-state index contributed by atoms with van der Waals surface area (Å²) in [5.41, 5.74) is 7.85. The van der Waals surface area contributed by atoms with Gasteiger partial charge in [0.15, 0.2) is 0 Å². The summed E-state index contributed by atoms with van der Waals surface area (Å²) in [5.74, 6) is 0.749. The van der Waals surface area contributed by atoms with Crippen molar-refractivity contribution in [3.05, 3.63) is 39.4 Å². The zero-order valence-corrected chi connectivity index (χ0v) is 9.58. The Morgan fingerprint density at radius 1 is 1.60 bits per heavy atom. The highest BCUT2D eigenvalue weighted by atomic mass is 32.2. The molecule has 0 saturated carbocycles. The summed E-state index contributed by atoms with van der Waals surface area (Å²) in [5, 5.41) is 10.6. The molecule has 15 heavy (non-hydrogen) atoms. The van der Waals surface area contributed by atoms with Crippen molar-refractivity contribution in [3.8, 4) is 0 Å². The van der Waals surface area contributed by atoms with Gasteiger partial charge in [-0.05, 0) is 24.3 Å². The second-order valence-electron chi connectivity index (χ2n) is 3.36. The van der Waals surface area contributed by atoms with Crippen molar-refractivity contribution in [3.63, 3.8) is 0 Å². The van der Waals surface area contributed by atoms with Crippen LogP contribution < -0.4 is 5.73 Å². The van der Waals surface area contributed by atoms with E-state index in [-0.39, 0.29) is 16.7 Å². The lowest BCUT2D eigenvalue weighted by molar-refractivity contribution is -0.384. The maximum Gasteiger partial charge on any atom is 0.269 e. The number of hydrogen-bond donors (Lipinski definition) is 1. The Labute approximate surface area is 93.0 Å². The van der Waals surface area contributed by atoms with Crippen molar-refractivity contribution in [1.29, 1.82) is 0 Å². The lowest BCUT2D eigenvalue weighted by Gasteiger charge is -2.11. The van der Waals surface area contributed by atoms with Crippen LogP contribution >= 0.6 is 11.8 Å². The van der Waals surface area contributed by atoms with E-state index in [1.807, 2.05) is 13.2 Å². The van der Waals surface area contributed by atoms with Crippen LogP contribution in [0.1, 0.15) is 24.1 Å². The number of nitrogens with zero attached hydrogens (tertiary/aromatic N) is 1. The Balaban J connectivity index is 3.14. The topological polar surface area (TPSA) is 69.2 Å². The molecule has 0 aliphatic rings. The molecule has 0 radical (unpaired) electrons. The largest absolute Gasteiger partial charge is 0.324 e. The van der Waals surface area contributed by atoms with Gasteiger partial charge in [0.25, 0.3) is 5.69 Å². The fraction of sp³-hybridized carbons (Fsp3) is 0.400. The maximum atomic E-state index is 10.6. The van der Waals surface area contributed by atoms with E-state index >= 15 is 0 Å². The van der Waals surface area contributed by atoms with Crippen LogP contribution in [0.3, 0.4) is 0 Å². The van der Waals surface area contributed by atoms with Crippen molar-refractivity contribution in [2.45, 2.75) is 18.7 Å². The summed E-state index contributed by atoms with van der Waals surface area (Å²) in [6, 6.07) is 4.76. The van der Waals surface area contributed by atoms with Gasteiger partial charge in [-0.3, -0.25) is 10.1 Å². The van der Waals surface area contributed by atoms with Crippen LogP contribution in [-0.2, 0) is 5.75 Å². The zero-order valence-electron chi connectivity index (χ0n) is 8.77. The zero-order chi connectivity index (χ0) is 11.4. The van der Waals surface area contributed by atoms with Gasteiger partial charge in [0.2, 0.25) is 0 Å². The second-order valence-corrected chi connectivity index (χ2v) is 4.23. The summed E-state index contributed by atoms with van der Waals surface area (Å²) in [6.45, 7) is 1.88. The lowest BCUT2D eigenvalue weighted by Crippen LogP contribution is -2.08. The Morgan fingerprint density at radius 3 is 2.73 bits per heavy atom. The van der Waals surface area contributed by atoms with Crippen molar-refractivity contribution >= 4 is 17.4 Å². The summed E-state index contributed by atoms with van der Waals surface area (Å²) in [6.07, 6.45) is 1.96. The van der Waals surface area contributed by atoms with Gasteiger partial charge in [-0.2, -0.15) is 11.8 Å². The minimum atomic E-state index is -0.380. The Kier molecular flexibility index (Phi) is 4.11. The Hall–Kier alpha value is -1.07. The highest BCUT2D eigenvalue weighted by Crippen LogP contribution is 2.24. The number of nitro benzene ring substituents is 1. The minimum absolute atomic E-state index is 0.0899. The Bertz CT molecular complexity index is 366. The van der Waals surface area contributed by atoms with Gasteiger partial charge in [0.1, 0.15) is 0 Å². The number of non-ortho nitro benzene ring substituents is 1. The summed E-state index contributed by atoms with van der Waals surface area (Å²) >= 11 is 1.63. The van der Waals surface area contributed by atoms with Gasteiger partial charge >= 0.3 is 0 Å². The molecule has 0 spiro atoms. The molecular formula is C10H14N2O2S. The molecule has 0 amide bonds. The van der Waals surface area contributed by atoms with E-state index in [4.69, 9.17) is 5.73 Å². The third kappa shape index (κ3) is 2.94. The molecule has 0 fully saturated rings. The van der Waals surface area contributed by atoms with Gasteiger partial charge < -0.3 is 5.73 Å². The van der Waals surface area contributed by atoms with E-state index in [9.17, 15) is 10.1 Å². The molecule has 1 rings (SSSR count). The first-order valence-electron chi connectivity index (χ1n) is 4.58. The van der Waals surface area contributed by atoms with Crippen LogP contribution in [0, 0.1) is 10.1 Å². The third-order valence-corrected chi connectivity index (χ3v) is 2.73. The van der Waals surface area contributed by atoms with E-state index in [1.54, 1.807) is 23.9 Å². The molecule has 4 nitrogen and oxygen atoms in total. The highest BCUT2D eigenvalue weighted by molar-refractivity contribution is 7.97. The van der Waals surface area contributed by atoms with E-state index in [0.717, 1.165) is 16.9 Å². The first kappa shape index (κ1) is 12.0. The van der Waals surface area contributed by atoms with Crippen LogP contribution in [0.25, 0.3) is 0 Å². The van der Waals surface area contributed by atoms with Gasteiger partial charge in [-0.1, -0.05) is 6.07 Å². The molecule has 0 unspecified atom stereocenters. The predicted octanol–water partition coefficient (Wildman–Crippen LogP) is 2.48. The molecule has 82 valence electrons. The van der Waals surface area contributed by atoms with Gasteiger partial charge in [-0.25, -0.2) is 0 Å². The quantitative estimate of drug-likeness (QED) is 0.632. The van der Waals surface area contributed by atoms with E-state index in [1.165, 1.54) is 6.07 Å². The van der Waals surface area contributed by atoms with E-state index in [0.29, 0.717) is 0 Å².